The predicted octanol–water partition coefficient (Wildman–Crippen LogP) is 5.78. The molecule has 0 fully saturated rings. The third kappa shape index (κ3) is 12.7. The van der Waals surface area contributed by atoms with E-state index in [1.807, 2.05) is 91.0 Å². The van der Waals surface area contributed by atoms with Gasteiger partial charge in [0, 0.05) is 0 Å². The van der Waals surface area contributed by atoms with E-state index in [4.69, 9.17) is 5.26 Å². The monoisotopic (exact) mass is 331 g/mol. The molecule has 0 bridgehead atoms. The fourth-order valence-electron chi connectivity index (χ4n) is 1.28. The van der Waals surface area contributed by atoms with Crippen molar-refractivity contribution in [1.82, 2.24) is 0 Å². The topological polar surface area (TPSA) is 23.8 Å². The highest BCUT2D eigenvalue weighted by Crippen LogP contribution is 1.90. The van der Waals surface area contributed by atoms with Crippen molar-refractivity contribution in [2.24, 2.45) is 0 Å². The Bertz CT molecular complexity index is 575. The number of hydrogen-bond acceptors (Lipinski definition) is 1. The zero-order valence-electron chi connectivity index (χ0n) is 12.1. The van der Waals surface area contributed by atoms with E-state index in [2.05, 4.69) is 6.07 Å². The lowest BCUT2D eigenvalue weighted by Gasteiger charge is -1.76. The lowest BCUT2D eigenvalue weighted by Crippen LogP contribution is -1.63. The van der Waals surface area contributed by atoms with Gasteiger partial charge in [-0.05, 0) is 12.1 Å². The Labute approximate surface area is 145 Å². The molecular weight excluding hydrogens is 313 g/mol. The van der Waals surface area contributed by atoms with Gasteiger partial charge in [0.1, 0.15) is 0 Å². The minimum absolute atomic E-state index is 0. The maximum Gasteiger partial charge on any atom is 0.0991 e. The second kappa shape index (κ2) is 16.8. The molecule has 0 amide bonds. The van der Waals surface area contributed by atoms with Crippen LogP contribution in [-0.2, 0) is 0 Å². The molecule has 0 saturated carbocycles. The number of hydrogen-bond donors (Lipinski definition) is 0. The molecule has 1 nitrogen and oxygen atoms in total. The summed E-state index contributed by atoms with van der Waals surface area (Å²) < 4.78 is 0. The summed E-state index contributed by atoms with van der Waals surface area (Å²) in [6.45, 7) is 0. The molecule has 1 rings (SSSR count). The van der Waals surface area contributed by atoms with Crippen LogP contribution in [0.25, 0.3) is 0 Å². The first kappa shape index (κ1) is 22.0. The van der Waals surface area contributed by atoms with Crippen molar-refractivity contribution >= 4 is 24.8 Å². The number of nitrogens with zero attached hydrogens (tertiary/aromatic N) is 1. The highest BCUT2D eigenvalue weighted by atomic mass is 35.5. The molecule has 0 N–H and O–H groups in total. The molecule has 1 aromatic rings. The maximum atomic E-state index is 8.96. The Morgan fingerprint density at radius 3 is 0.909 bits per heavy atom. The van der Waals surface area contributed by atoms with Gasteiger partial charge < -0.3 is 0 Å². The first-order valence-corrected chi connectivity index (χ1v) is 6.38. The van der Waals surface area contributed by atoms with Crippen LogP contribution in [-0.4, -0.2) is 0 Å². The number of rotatable bonds is 0. The molecule has 0 aliphatic carbocycles. The van der Waals surface area contributed by atoms with Crippen molar-refractivity contribution in [3.05, 3.63) is 109 Å². The number of nitriles is 1. The molecule has 114 valence electrons. The molecule has 0 heterocycles. The molecule has 1 aromatic carbocycles. The quantitative estimate of drug-likeness (QED) is 0.591. The van der Waals surface area contributed by atoms with Gasteiger partial charge in [-0.25, -0.2) is 0 Å². The standard InChI is InChI=1S/C19H17N.2ClH/c20-18-19-16-14-12-10-8-6-4-2-1-3-5-7-9-11-13-15-17-19;;/h1-17H;2*1H. The fourth-order valence-corrected chi connectivity index (χ4v) is 1.28. The Balaban J connectivity index is 0. The van der Waals surface area contributed by atoms with Crippen molar-refractivity contribution < 1.29 is 0 Å². The van der Waals surface area contributed by atoms with E-state index in [1.165, 1.54) is 0 Å². The van der Waals surface area contributed by atoms with Gasteiger partial charge in [-0.2, -0.15) is 5.26 Å². The van der Waals surface area contributed by atoms with Crippen molar-refractivity contribution in [1.29, 1.82) is 5.26 Å². The summed E-state index contributed by atoms with van der Waals surface area (Å²) in [5, 5.41) is 8.96. The third-order valence-corrected chi connectivity index (χ3v) is 2.24. The van der Waals surface area contributed by atoms with Gasteiger partial charge in [0.05, 0.1) is 11.6 Å². The van der Waals surface area contributed by atoms with E-state index >= 15 is 0 Å². The van der Waals surface area contributed by atoms with Crippen LogP contribution in [0.1, 0.15) is 5.56 Å². The highest BCUT2D eigenvalue weighted by Gasteiger charge is 1.76. The van der Waals surface area contributed by atoms with E-state index in [0.29, 0.717) is 5.56 Å². The molecule has 3 heteroatoms. The molecule has 0 unspecified atom stereocenters. The van der Waals surface area contributed by atoms with Crippen LogP contribution in [0, 0.1) is 11.3 Å². The summed E-state index contributed by atoms with van der Waals surface area (Å²) in [7, 11) is 0. The smallest absolute Gasteiger partial charge is 0.0991 e. The predicted molar refractivity (Wildman–Crippen MR) is 98.5 cm³/mol. The molecule has 22 heavy (non-hydrogen) atoms. The molecule has 0 aliphatic heterocycles. The van der Waals surface area contributed by atoms with E-state index < -0.39 is 0 Å². The largest absolute Gasteiger partial charge is 0.192 e. The molecular formula is C19H19Cl2N. The molecule has 0 saturated heterocycles. The normalized spacial score (nSPS) is 7.23. The van der Waals surface area contributed by atoms with Crippen LogP contribution < -0.4 is 0 Å². The summed E-state index contributed by atoms with van der Waals surface area (Å²) in [5.41, 5.74) is 0.614. The minimum Gasteiger partial charge on any atom is -0.192 e. The van der Waals surface area contributed by atoms with Crippen LogP contribution in [0.2, 0.25) is 0 Å². The summed E-state index contributed by atoms with van der Waals surface area (Å²) in [5.74, 6) is 0. The van der Waals surface area contributed by atoms with Crippen LogP contribution >= 0.6 is 24.8 Å². The van der Waals surface area contributed by atoms with Crippen molar-refractivity contribution in [2.75, 3.05) is 0 Å². The molecule has 0 aliphatic rings. The lowest BCUT2D eigenvalue weighted by atomic mass is 10.3. The van der Waals surface area contributed by atoms with Crippen LogP contribution in [0.5, 0.6) is 0 Å². The van der Waals surface area contributed by atoms with Crippen LogP contribution in [0.15, 0.2) is 103 Å². The average molecular weight is 332 g/mol. The van der Waals surface area contributed by atoms with Gasteiger partial charge in [0.15, 0.2) is 0 Å². The highest BCUT2D eigenvalue weighted by molar-refractivity contribution is 5.85. The average Bonchev–Trinajstić information content (AvgIpc) is 2.47. The zero-order valence-corrected chi connectivity index (χ0v) is 13.7. The van der Waals surface area contributed by atoms with Gasteiger partial charge in [-0.15, -0.1) is 24.8 Å². The fraction of sp³-hybridized carbons (Fsp3) is 0. The first-order chi connectivity index (χ1) is 9.93. The second-order valence-electron chi connectivity index (χ2n) is 3.79. The van der Waals surface area contributed by atoms with E-state index in [-0.39, 0.29) is 24.8 Å². The van der Waals surface area contributed by atoms with Gasteiger partial charge in [0.25, 0.3) is 0 Å². The summed E-state index contributed by atoms with van der Waals surface area (Å²) in [4.78, 5) is 0. The van der Waals surface area contributed by atoms with E-state index in [9.17, 15) is 0 Å². The summed E-state index contributed by atoms with van der Waals surface area (Å²) >= 11 is 0. The van der Waals surface area contributed by atoms with Gasteiger partial charge in [-0.3, -0.25) is 0 Å². The molecule has 0 spiro atoms. The molecule has 0 aromatic heterocycles. The van der Waals surface area contributed by atoms with Gasteiger partial charge >= 0.3 is 0 Å². The SMILES string of the molecule is Cl.Cl.N#Cc1ccccccccccccccccc1. The zero-order chi connectivity index (χ0) is 14.3. The lowest BCUT2D eigenvalue weighted by molar-refractivity contribution is 1.49. The Morgan fingerprint density at radius 1 is 0.455 bits per heavy atom. The maximum absolute atomic E-state index is 8.96. The van der Waals surface area contributed by atoms with E-state index in [0.717, 1.165) is 0 Å². The number of halogens is 2. The summed E-state index contributed by atoms with van der Waals surface area (Å²) in [6.07, 6.45) is 0. The second-order valence-corrected chi connectivity index (χ2v) is 3.79. The molecule has 0 radical (unpaired) electrons. The van der Waals surface area contributed by atoms with Crippen molar-refractivity contribution in [2.45, 2.75) is 0 Å². The van der Waals surface area contributed by atoms with E-state index in [1.54, 1.807) is 12.1 Å². The molecule has 0 atom stereocenters. The Morgan fingerprint density at radius 2 is 0.682 bits per heavy atom. The Hall–Kier alpha value is -2.27. The summed E-state index contributed by atoms with van der Waals surface area (Å²) in [6, 6.07) is 34.6. The van der Waals surface area contributed by atoms with Gasteiger partial charge in [-0.1, -0.05) is 91.0 Å². The minimum atomic E-state index is 0. The van der Waals surface area contributed by atoms with Crippen molar-refractivity contribution in [3.63, 3.8) is 0 Å². The van der Waals surface area contributed by atoms with Gasteiger partial charge in [0.2, 0.25) is 0 Å². The Kier molecular flexibility index (Phi) is 16.8. The van der Waals surface area contributed by atoms with Crippen LogP contribution in [0.3, 0.4) is 0 Å². The van der Waals surface area contributed by atoms with Crippen LogP contribution in [0.4, 0.5) is 0 Å². The van der Waals surface area contributed by atoms with Crippen molar-refractivity contribution in [3.8, 4) is 6.07 Å². The first-order valence-electron chi connectivity index (χ1n) is 6.38. The third-order valence-electron chi connectivity index (χ3n) is 2.24.